The zero-order valence-electron chi connectivity index (χ0n) is 10.8. The summed E-state index contributed by atoms with van der Waals surface area (Å²) < 4.78 is 11.0. The van der Waals surface area contributed by atoms with E-state index in [2.05, 4.69) is 4.98 Å². The first kappa shape index (κ1) is 12.8. The summed E-state index contributed by atoms with van der Waals surface area (Å²) in [5.41, 5.74) is 0.560. The summed E-state index contributed by atoms with van der Waals surface area (Å²) in [4.78, 5) is 17.3. The van der Waals surface area contributed by atoms with Crippen molar-refractivity contribution >= 4 is 5.91 Å². The molecule has 5 heteroatoms. The number of nitrogens with zero attached hydrogens (tertiary/aromatic N) is 2. The van der Waals surface area contributed by atoms with Gasteiger partial charge in [0.1, 0.15) is 6.61 Å². The molecule has 1 aliphatic rings. The summed E-state index contributed by atoms with van der Waals surface area (Å²) in [7, 11) is 3.42. The summed E-state index contributed by atoms with van der Waals surface area (Å²) >= 11 is 0. The molecule has 0 spiro atoms. The first-order chi connectivity index (χ1) is 8.66. The van der Waals surface area contributed by atoms with Crippen LogP contribution in [0.2, 0.25) is 0 Å². The fourth-order valence-electron chi connectivity index (χ4n) is 1.80. The molecule has 1 aromatic heterocycles. The van der Waals surface area contributed by atoms with E-state index in [4.69, 9.17) is 9.47 Å². The largest absolute Gasteiger partial charge is 0.475 e. The Morgan fingerprint density at radius 1 is 1.56 bits per heavy atom. The van der Waals surface area contributed by atoms with Crippen molar-refractivity contribution in [2.75, 3.05) is 27.3 Å². The lowest BCUT2D eigenvalue weighted by molar-refractivity contribution is 0.0662. The summed E-state index contributed by atoms with van der Waals surface area (Å²) in [6, 6.07) is 3.44. The highest BCUT2D eigenvalue weighted by molar-refractivity contribution is 5.93. The van der Waals surface area contributed by atoms with Gasteiger partial charge in [-0.25, -0.2) is 4.98 Å². The minimum atomic E-state index is -0.0619. The van der Waals surface area contributed by atoms with Crippen molar-refractivity contribution in [1.82, 2.24) is 9.88 Å². The maximum atomic E-state index is 11.6. The first-order valence-corrected chi connectivity index (χ1v) is 6.09. The van der Waals surface area contributed by atoms with E-state index in [9.17, 15) is 4.79 Å². The van der Waals surface area contributed by atoms with Gasteiger partial charge in [0.2, 0.25) is 5.88 Å². The van der Waals surface area contributed by atoms with Crippen LogP contribution >= 0.6 is 0 Å². The topological polar surface area (TPSA) is 51.7 Å². The molecule has 1 fully saturated rings. The van der Waals surface area contributed by atoms with E-state index < -0.39 is 0 Å². The third kappa shape index (κ3) is 3.20. The van der Waals surface area contributed by atoms with Gasteiger partial charge in [-0.1, -0.05) is 0 Å². The molecule has 1 amide bonds. The third-order valence-corrected chi connectivity index (χ3v) is 2.83. The van der Waals surface area contributed by atoms with E-state index in [-0.39, 0.29) is 12.0 Å². The quantitative estimate of drug-likeness (QED) is 0.809. The molecule has 5 nitrogen and oxygen atoms in total. The maximum Gasteiger partial charge on any atom is 0.254 e. The molecule has 2 heterocycles. The molecule has 18 heavy (non-hydrogen) atoms. The summed E-state index contributed by atoms with van der Waals surface area (Å²) in [6.07, 6.45) is 3.84. The molecule has 2 rings (SSSR count). The van der Waals surface area contributed by atoms with E-state index in [0.717, 1.165) is 19.4 Å². The first-order valence-electron chi connectivity index (χ1n) is 6.09. The second-order valence-corrected chi connectivity index (χ2v) is 4.53. The molecule has 0 N–H and O–H groups in total. The van der Waals surface area contributed by atoms with Crippen LogP contribution in [0.4, 0.5) is 0 Å². The Hall–Kier alpha value is -1.62. The van der Waals surface area contributed by atoms with Crippen LogP contribution in [-0.4, -0.2) is 49.2 Å². The van der Waals surface area contributed by atoms with E-state index in [0.29, 0.717) is 18.1 Å². The van der Waals surface area contributed by atoms with Crippen molar-refractivity contribution in [2.24, 2.45) is 0 Å². The van der Waals surface area contributed by atoms with Gasteiger partial charge in [0, 0.05) is 33.0 Å². The van der Waals surface area contributed by atoms with Crippen molar-refractivity contribution in [3.63, 3.8) is 0 Å². The highest BCUT2D eigenvalue weighted by atomic mass is 16.5. The van der Waals surface area contributed by atoms with Gasteiger partial charge in [-0.15, -0.1) is 0 Å². The van der Waals surface area contributed by atoms with Gasteiger partial charge in [-0.3, -0.25) is 4.79 Å². The van der Waals surface area contributed by atoms with Gasteiger partial charge in [-0.05, 0) is 18.9 Å². The Bertz CT molecular complexity index is 397. The van der Waals surface area contributed by atoms with E-state index in [1.54, 1.807) is 26.2 Å². The molecule has 1 saturated heterocycles. The maximum absolute atomic E-state index is 11.6. The Morgan fingerprint density at radius 2 is 2.39 bits per heavy atom. The molecule has 98 valence electrons. The minimum absolute atomic E-state index is 0.0619. The molecule has 0 aliphatic carbocycles. The van der Waals surface area contributed by atoms with Crippen LogP contribution in [-0.2, 0) is 4.74 Å². The molecule has 0 radical (unpaired) electrons. The van der Waals surface area contributed by atoms with Crippen LogP contribution in [0.15, 0.2) is 18.3 Å². The molecular formula is C13H18N2O3. The Kier molecular flexibility index (Phi) is 4.15. The monoisotopic (exact) mass is 250 g/mol. The molecule has 1 aromatic rings. The van der Waals surface area contributed by atoms with Crippen LogP contribution in [0.1, 0.15) is 23.2 Å². The fourth-order valence-corrected chi connectivity index (χ4v) is 1.80. The fraction of sp³-hybridized carbons (Fsp3) is 0.538. The van der Waals surface area contributed by atoms with Crippen LogP contribution in [0.3, 0.4) is 0 Å². The number of carbonyl (C=O) groups is 1. The summed E-state index contributed by atoms with van der Waals surface area (Å²) in [5, 5.41) is 0. The predicted molar refractivity (Wildman–Crippen MR) is 66.7 cm³/mol. The van der Waals surface area contributed by atoms with E-state index in [1.807, 2.05) is 0 Å². The van der Waals surface area contributed by atoms with Crippen molar-refractivity contribution in [3.8, 4) is 5.88 Å². The molecular weight excluding hydrogens is 232 g/mol. The number of amides is 1. The SMILES string of the molecule is CN(C)C(=O)c1ccc(OCC2CCCO2)nc1. The Balaban J connectivity index is 1.89. The predicted octanol–water partition coefficient (Wildman–Crippen LogP) is 1.34. The average molecular weight is 250 g/mol. The average Bonchev–Trinajstić information content (AvgIpc) is 2.89. The third-order valence-electron chi connectivity index (χ3n) is 2.83. The number of carbonyl (C=O) groups excluding carboxylic acids is 1. The molecule has 1 aliphatic heterocycles. The number of aromatic nitrogens is 1. The lowest BCUT2D eigenvalue weighted by Crippen LogP contribution is -2.22. The van der Waals surface area contributed by atoms with Crippen LogP contribution < -0.4 is 4.74 Å². The van der Waals surface area contributed by atoms with Crippen LogP contribution in [0, 0.1) is 0 Å². The lowest BCUT2D eigenvalue weighted by Gasteiger charge is -2.12. The minimum Gasteiger partial charge on any atom is -0.475 e. The number of ether oxygens (including phenoxy) is 2. The van der Waals surface area contributed by atoms with E-state index >= 15 is 0 Å². The van der Waals surface area contributed by atoms with Crippen LogP contribution in [0.25, 0.3) is 0 Å². The molecule has 0 aromatic carbocycles. The van der Waals surface area contributed by atoms with Crippen LogP contribution in [0.5, 0.6) is 5.88 Å². The standard InChI is InChI=1S/C13H18N2O3/c1-15(2)13(16)10-5-6-12(14-8-10)18-9-11-4-3-7-17-11/h5-6,8,11H,3-4,7,9H2,1-2H3. The Morgan fingerprint density at radius 3 is 2.94 bits per heavy atom. The lowest BCUT2D eigenvalue weighted by atomic mass is 10.2. The number of hydrogen-bond acceptors (Lipinski definition) is 4. The zero-order chi connectivity index (χ0) is 13.0. The summed E-state index contributed by atoms with van der Waals surface area (Å²) in [6.45, 7) is 1.34. The van der Waals surface area contributed by atoms with Gasteiger partial charge in [0.15, 0.2) is 0 Å². The zero-order valence-corrected chi connectivity index (χ0v) is 10.8. The molecule has 1 atom stereocenters. The number of pyridine rings is 1. The number of hydrogen-bond donors (Lipinski definition) is 0. The van der Waals surface area contributed by atoms with Crippen molar-refractivity contribution < 1.29 is 14.3 Å². The van der Waals surface area contributed by atoms with Gasteiger partial charge in [0.05, 0.1) is 11.7 Å². The van der Waals surface area contributed by atoms with Crippen molar-refractivity contribution in [2.45, 2.75) is 18.9 Å². The highest BCUT2D eigenvalue weighted by Gasteiger charge is 2.16. The van der Waals surface area contributed by atoms with Gasteiger partial charge in [-0.2, -0.15) is 0 Å². The molecule has 0 bridgehead atoms. The van der Waals surface area contributed by atoms with Gasteiger partial charge < -0.3 is 14.4 Å². The second-order valence-electron chi connectivity index (χ2n) is 4.53. The van der Waals surface area contributed by atoms with Crippen molar-refractivity contribution in [1.29, 1.82) is 0 Å². The van der Waals surface area contributed by atoms with E-state index in [1.165, 1.54) is 11.1 Å². The number of rotatable bonds is 4. The smallest absolute Gasteiger partial charge is 0.254 e. The Labute approximate surface area is 107 Å². The highest BCUT2D eigenvalue weighted by Crippen LogP contribution is 2.14. The van der Waals surface area contributed by atoms with Gasteiger partial charge >= 0.3 is 0 Å². The van der Waals surface area contributed by atoms with Crippen molar-refractivity contribution in [3.05, 3.63) is 23.9 Å². The molecule has 1 unspecified atom stereocenters. The second kappa shape index (κ2) is 5.82. The molecule has 0 saturated carbocycles. The normalized spacial score (nSPS) is 18.7. The summed E-state index contributed by atoms with van der Waals surface area (Å²) in [5.74, 6) is 0.467. The van der Waals surface area contributed by atoms with Gasteiger partial charge in [0.25, 0.3) is 5.91 Å².